The van der Waals surface area contributed by atoms with Gasteiger partial charge in [-0.2, -0.15) is 0 Å². The molecule has 2 N–H and O–H groups in total. The van der Waals surface area contributed by atoms with Crippen LogP contribution in [-0.2, 0) is 9.59 Å². The first-order valence-electron chi connectivity index (χ1n) is 7.92. The van der Waals surface area contributed by atoms with Crippen LogP contribution in [0.5, 0.6) is 0 Å². The number of nitrogens with zero attached hydrogens (tertiary/aromatic N) is 1. The van der Waals surface area contributed by atoms with E-state index < -0.39 is 0 Å². The Bertz CT molecular complexity index is 782. The molecular formula is C19H21N3O2. The smallest absolute Gasteiger partial charge is 0.225 e. The Morgan fingerprint density at radius 1 is 1.17 bits per heavy atom. The third kappa shape index (κ3) is 3.25. The van der Waals surface area contributed by atoms with Crippen molar-refractivity contribution >= 4 is 28.9 Å². The zero-order chi connectivity index (χ0) is 17.3. The normalized spacial score (nSPS) is 16.1. The Balaban J connectivity index is 1.96. The lowest BCUT2D eigenvalue weighted by Gasteiger charge is -2.27. The number of hydrogen-bond acceptors (Lipinski definition) is 3. The van der Waals surface area contributed by atoms with Crippen LogP contribution in [0, 0.1) is 0 Å². The van der Waals surface area contributed by atoms with Gasteiger partial charge in [-0.25, -0.2) is 0 Å². The van der Waals surface area contributed by atoms with Crippen LogP contribution in [0.3, 0.4) is 0 Å². The van der Waals surface area contributed by atoms with E-state index in [0.29, 0.717) is 12.1 Å². The van der Waals surface area contributed by atoms with E-state index in [1.54, 1.807) is 0 Å². The third-order valence-electron chi connectivity index (χ3n) is 4.22. The molecule has 124 valence electrons. The number of carbonyl (C=O) groups is 2. The summed E-state index contributed by atoms with van der Waals surface area (Å²) < 4.78 is 0. The van der Waals surface area contributed by atoms with E-state index in [2.05, 4.69) is 34.9 Å². The molecule has 5 nitrogen and oxygen atoms in total. The van der Waals surface area contributed by atoms with Gasteiger partial charge in [0.2, 0.25) is 11.8 Å². The molecule has 1 atom stereocenters. The molecule has 0 spiro atoms. The minimum Gasteiger partial charge on any atom is -0.378 e. The molecule has 1 aliphatic rings. The molecule has 0 saturated heterocycles. The third-order valence-corrected chi connectivity index (χ3v) is 4.22. The topological polar surface area (TPSA) is 61.4 Å². The fourth-order valence-electron chi connectivity index (χ4n) is 3.05. The van der Waals surface area contributed by atoms with Crippen molar-refractivity contribution in [3.8, 4) is 0 Å². The summed E-state index contributed by atoms with van der Waals surface area (Å²) >= 11 is 0. The first-order valence-corrected chi connectivity index (χ1v) is 7.92. The summed E-state index contributed by atoms with van der Waals surface area (Å²) in [6.07, 6.45) is 0.424. The van der Waals surface area contributed by atoms with Crippen LogP contribution in [0.4, 0.5) is 17.1 Å². The van der Waals surface area contributed by atoms with Crippen LogP contribution in [-0.4, -0.2) is 25.9 Å². The SMILES string of the molecule is CC(=O)Nc1ccc2c(c1)NC(=O)C[C@@H]2c1ccc(N(C)C)cc1. The van der Waals surface area contributed by atoms with Gasteiger partial charge in [-0.05, 0) is 35.4 Å². The molecular weight excluding hydrogens is 302 g/mol. The Kier molecular flexibility index (Phi) is 4.25. The van der Waals surface area contributed by atoms with Crippen molar-refractivity contribution in [1.29, 1.82) is 0 Å². The predicted molar refractivity (Wildman–Crippen MR) is 96.6 cm³/mol. The maximum atomic E-state index is 12.1. The molecule has 0 bridgehead atoms. The fourth-order valence-corrected chi connectivity index (χ4v) is 3.05. The van der Waals surface area contributed by atoms with Gasteiger partial charge in [-0.1, -0.05) is 18.2 Å². The van der Waals surface area contributed by atoms with Crippen LogP contribution < -0.4 is 15.5 Å². The van der Waals surface area contributed by atoms with Crippen LogP contribution in [0.25, 0.3) is 0 Å². The van der Waals surface area contributed by atoms with E-state index in [-0.39, 0.29) is 17.7 Å². The van der Waals surface area contributed by atoms with Crippen LogP contribution in [0.2, 0.25) is 0 Å². The Hall–Kier alpha value is -2.82. The quantitative estimate of drug-likeness (QED) is 0.912. The zero-order valence-electron chi connectivity index (χ0n) is 14.1. The highest BCUT2D eigenvalue weighted by atomic mass is 16.2. The van der Waals surface area contributed by atoms with Crippen LogP contribution >= 0.6 is 0 Å². The molecule has 0 fully saturated rings. The van der Waals surface area contributed by atoms with Gasteiger partial charge < -0.3 is 15.5 Å². The van der Waals surface area contributed by atoms with Gasteiger partial charge in [0.05, 0.1) is 0 Å². The van der Waals surface area contributed by atoms with Gasteiger partial charge in [0.15, 0.2) is 0 Å². The first kappa shape index (κ1) is 16.1. The number of rotatable bonds is 3. The molecule has 3 rings (SSSR count). The number of hydrogen-bond donors (Lipinski definition) is 2. The highest BCUT2D eigenvalue weighted by molar-refractivity contribution is 5.97. The van der Waals surface area contributed by atoms with Gasteiger partial charge in [0.25, 0.3) is 0 Å². The second kappa shape index (κ2) is 6.35. The van der Waals surface area contributed by atoms with E-state index in [1.807, 2.05) is 37.2 Å². The van der Waals surface area contributed by atoms with Crippen molar-refractivity contribution in [2.24, 2.45) is 0 Å². The molecule has 2 aromatic rings. The number of carbonyl (C=O) groups excluding carboxylic acids is 2. The van der Waals surface area contributed by atoms with E-state index in [1.165, 1.54) is 6.92 Å². The maximum Gasteiger partial charge on any atom is 0.225 e. The van der Waals surface area contributed by atoms with Crippen molar-refractivity contribution in [3.05, 3.63) is 53.6 Å². The number of anilines is 3. The standard InChI is InChI=1S/C19H21N3O2/c1-12(23)20-14-6-9-16-17(11-19(24)21-18(16)10-14)13-4-7-15(8-5-13)22(2)3/h4-10,17H,11H2,1-3H3,(H,20,23)(H,21,24)/t17-/m1/s1. The van der Waals surface area contributed by atoms with Crippen molar-refractivity contribution < 1.29 is 9.59 Å². The second-order valence-electron chi connectivity index (χ2n) is 6.27. The van der Waals surface area contributed by atoms with Crippen molar-refractivity contribution in [3.63, 3.8) is 0 Å². The molecule has 2 aromatic carbocycles. The molecule has 0 saturated carbocycles. The molecule has 0 radical (unpaired) electrons. The average molecular weight is 323 g/mol. The van der Waals surface area contributed by atoms with Gasteiger partial charge in [0, 0.05) is 50.4 Å². The molecule has 0 unspecified atom stereocenters. The second-order valence-corrected chi connectivity index (χ2v) is 6.27. The lowest BCUT2D eigenvalue weighted by Crippen LogP contribution is -2.23. The molecule has 0 aliphatic carbocycles. The summed E-state index contributed by atoms with van der Waals surface area (Å²) in [7, 11) is 4.00. The average Bonchev–Trinajstić information content (AvgIpc) is 2.53. The Morgan fingerprint density at radius 2 is 1.88 bits per heavy atom. The fraction of sp³-hybridized carbons (Fsp3) is 0.263. The zero-order valence-corrected chi connectivity index (χ0v) is 14.1. The highest BCUT2D eigenvalue weighted by Crippen LogP contribution is 2.38. The van der Waals surface area contributed by atoms with Gasteiger partial charge >= 0.3 is 0 Å². The number of benzene rings is 2. The first-order chi connectivity index (χ1) is 11.4. The molecule has 24 heavy (non-hydrogen) atoms. The minimum absolute atomic E-state index is 0.0100. The predicted octanol–water partition coefficient (Wildman–Crippen LogP) is 3.19. The molecule has 0 aromatic heterocycles. The molecule has 2 amide bonds. The lowest BCUT2D eigenvalue weighted by molar-refractivity contribution is -0.116. The van der Waals surface area contributed by atoms with E-state index >= 15 is 0 Å². The summed E-state index contributed by atoms with van der Waals surface area (Å²) in [6.45, 7) is 1.47. The monoisotopic (exact) mass is 323 g/mol. The number of amides is 2. The van der Waals surface area contributed by atoms with Crippen molar-refractivity contribution in [2.45, 2.75) is 19.3 Å². The van der Waals surface area contributed by atoms with Gasteiger partial charge in [-0.3, -0.25) is 9.59 Å². The van der Waals surface area contributed by atoms with Crippen LogP contribution in [0.15, 0.2) is 42.5 Å². The Labute approximate surface area is 141 Å². The summed E-state index contributed by atoms with van der Waals surface area (Å²) in [5, 5.41) is 5.65. The van der Waals surface area contributed by atoms with Crippen molar-refractivity contribution in [2.75, 3.05) is 29.6 Å². The van der Waals surface area contributed by atoms with E-state index in [9.17, 15) is 9.59 Å². The minimum atomic E-state index is -0.132. The molecule has 1 heterocycles. The summed E-state index contributed by atoms with van der Waals surface area (Å²) in [5.41, 5.74) is 4.76. The summed E-state index contributed by atoms with van der Waals surface area (Å²) in [5.74, 6) is -0.117. The Morgan fingerprint density at radius 3 is 2.50 bits per heavy atom. The van der Waals surface area contributed by atoms with Gasteiger partial charge in [0.1, 0.15) is 0 Å². The van der Waals surface area contributed by atoms with Crippen molar-refractivity contribution in [1.82, 2.24) is 0 Å². The lowest BCUT2D eigenvalue weighted by atomic mass is 9.84. The molecule has 5 heteroatoms. The number of fused-ring (bicyclic) bond motifs is 1. The van der Waals surface area contributed by atoms with Crippen LogP contribution in [0.1, 0.15) is 30.4 Å². The molecule has 1 aliphatic heterocycles. The van der Waals surface area contributed by atoms with Gasteiger partial charge in [-0.15, -0.1) is 0 Å². The largest absolute Gasteiger partial charge is 0.378 e. The van der Waals surface area contributed by atoms with E-state index in [0.717, 1.165) is 22.5 Å². The number of nitrogens with one attached hydrogen (secondary N) is 2. The summed E-state index contributed by atoms with van der Waals surface area (Å²) in [6, 6.07) is 13.9. The summed E-state index contributed by atoms with van der Waals surface area (Å²) in [4.78, 5) is 25.4. The maximum absolute atomic E-state index is 12.1. The van der Waals surface area contributed by atoms with E-state index in [4.69, 9.17) is 0 Å². The highest BCUT2D eigenvalue weighted by Gasteiger charge is 2.26.